The van der Waals surface area contributed by atoms with E-state index in [1.165, 1.54) is 39.1 Å². The molecule has 9 rings (SSSR count). The second-order valence-corrected chi connectivity index (χ2v) is 13.0. The SMILES string of the molecule is CC1(C)c2ccc(-c3ccc(N(c4ccccc4)c4ccc(-c5ccccc5)cc4)cc3)cc2N2c3ccccc3Oc3cccc1c32. The smallest absolute Gasteiger partial charge is 0.151 e. The van der Waals surface area contributed by atoms with Crippen LogP contribution in [0.2, 0.25) is 0 Å². The summed E-state index contributed by atoms with van der Waals surface area (Å²) in [5.74, 6) is 1.78. The predicted molar refractivity (Wildman–Crippen MR) is 199 cm³/mol. The Balaban J connectivity index is 1.11. The molecule has 0 bridgehead atoms. The highest BCUT2D eigenvalue weighted by Gasteiger charge is 2.41. The molecule has 3 heteroatoms. The fourth-order valence-electron chi connectivity index (χ4n) is 7.39. The van der Waals surface area contributed by atoms with Crippen LogP contribution >= 0.6 is 0 Å². The van der Waals surface area contributed by atoms with Crippen molar-refractivity contribution in [3.63, 3.8) is 0 Å². The molecule has 0 unspecified atom stereocenters. The number of anilines is 6. The Morgan fingerprint density at radius 1 is 0.438 bits per heavy atom. The lowest BCUT2D eigenvalue weighted by Gasteiger charge is -2.45. The van der Waals surface area contributed by atoms with Gasteiger partial charge < -0.3 is 14.5 Å². The normalized spacial score (nSPS) is 13.5. The molecule has 0 aromatic heterocycles. The van der Waals surface area contributed by atoms with Gasteiger partial charge in [0.25, 0.3) is 0 Å². The third-order valence-corrected chi connectivity index (χ3v) is 9.84. The van der Waals surface area contributed by atoms with Gasteiger partial charge in [0.1, 0.15) is 0 Å². The van der Waals surface area contributed by atoms with Crippen molar-refractivity contribution in [1.82, 2.24) is 0 Å². The molecule has 7 aromatic rings. The van der Waals surface area contributed by atoms with Crippen molar-refractivity contribution in [3.8, 4) is 33.8 Å². The van der Waals surface area contributed by atoms with Crippen molar-refractivity contribution in [2.45, 2.75) is 19.3 Å². The molecule has 230 valence electrons. The Labute approximate surface area is 281 Å². The number of hydrogen-bond acceptors (Lipinski definition) is 3. The maximum absolute atomic E-state index is 6.44. The van der Waals surface area contributed by atoms with Crippen molar-refractivity contribution in [3.05, 3.63) is 181 Å². The van der Waals surface area contributed by atoms with Crippen LogP contribution < -0.4 is 14.5 Å². The molecular formula is C45H34N2O. The molecule has 0 radical (unpaired) electrons. The summed E-state index contributed by atoms with van der Waals surface area (Å²) in [5.41, 5.74) is 13.9. The van der Waals surface area contributed by atoms with E-state index in [0.29, 0.717) is 0 Å². The minimum Gasteiger partial charge on any atom is -0.453 e. The summed E-state index contributed by atoms with van der Waals surface area (Å²) >= 11 is 0. The molecule has 3 nitrogen and oxygen atoms in total. The lowest BCUT2D eigenvalue weighted by atomic mass is 9.72. The van der Waals surface area contributed by atoms with Crippen LogP contribution in [0.3, 0.4) is 0 Å². The summed E-state index contributed by atoms with van der Waals surface area (Å²) in [6.45, 7) is 4.64. The van der Waals surface area contributed by atoms with Crippen LogP contribution in [0.4, 0.5) is 34.1 Å². The van der Waals surface area contributed by atoms with E-state index in [0.717, 1.165) is 39.9 Å². The second-order valence-electron chi connectivity index (χ2n) is 13.0. The van der Waals surface area contributed by atoms with E-state index in [1.807, 2.05) is 6.07 Å². The molecule has 0 aliphatic carbocycles. The van der Waals surface area contributed by atoms with Gasteiger partial charge in [-0.25, -0.2) is 0 Å². The summed E-state index contributed by atoms with van der Waals surface area (Å²) in [7, 11) is 0. The van der Waals surface area contributed by atoms with Crippen LogP contribution in [0.5, 0.6) is 11.5 Å². The van der Waals surface area contributed by atoms with Gasteiger partial charge in [0.2, 0.25) is 0 Å². The summed E-state index contributed by atoms with van der Waals surface area (Å²) < 4.78 is 6.44. The number of para-hydroxylation sites is 4. The quantitative estimate of drug-likeness (QED) is 0.191. The highest BCUT2D eigenvalue weighted by molar-refractivity contribution is 5.94. The van der Waals surface area contributed by atoms with E-state index < -0.39 is 0 Å². The summed E-state index contributed by atoms with van der Waals surface area (Å²) in [6.07, 6.45) is 0. The summed E-state index contributed by atoms with van der Waals surface area (Å²) in [4.78, 5) is 4.72. The standard InChI is InChI=1S/C45H34N2O/c1-45(2)38-29-24-34(30-41(38)47-40-17-9-10-18-42(40)48-43-19-11-16-39(45)44(43)47)33-22-27-37(28-23-33)46(35-14-7-4-8-15-35)36-25-20-32(21-26-36)31-12-5-3-6-13-31/h3-30H,1-2H3. The molecule has 2 aliphatic heterocycles. The highest BCUT2D eigenvalue weighted by atomic mass is 16.5. The van der Waals surface area contributed by atoms with Gasteiger partial charge in [-0.2, -0.15) is 0 Å². The molecule has 0 saturated heterocycles. The minimum absolute atomic E-state index is 0.179. The van der Waals surface area contributed by atoms with E-state index >= 15 is 0 Å². The maximum Gasteiger partial charge on any atom is 0.151 e. The van der Waals surface area contributed by atoms with Crippen molar-refractivity contribution >= 4 is 34.1 Å². The average Bonchev–Trinajstić information content (AvgIpc) is 3.14. The van der Waals surface area contributed by atoms with Gasteiger partial charge in [-0.3, -0.25) is 0 Å². The van der Waals surface area contributed by atoms with Gasteiger partial charge >= 0.3 is 0 Å². The third kappa shape index (κ3) is 4.51. The fourth-order valence-corrected chi connectivity index (χ4v) is 7.39. The molecule has 0 N–H and O–H groups in total. The van der Waals surface area contributed by atoms with Gasteiger partial charge in [0, 0.05) is 22.5 Å². The van der Waals surface area contributed by atoms with E-state index in [-0.39, 0.29) is 5.41 Å². The maximum atomic E-state index is 6.44. The van der Waals surface area contributed by atoms with Crippen LogP contribution in [-0.2, 0) is 5.41 Å². The Morgan fingerprint density at radius 3 is 1.69 bits per heavy atom. The van der Waals surface area contributed by atoms with Crippen molar-refractivity contribution in [2.24, 2.45) is 0 Å². The monoisotopic (exact) mass is 618 g/mol. The van der Waals surface area contributed by atoms with Gasteiger partial charge in [-0.15, -0.1) is 0 Å². The Kier molecular flexibility index (Phi) is 6.48. The molecule has 0 fully saturated rings. The third-order valence-electron chi connectivity index (χ3n) is 9.84. The molecular weight excluding hydrogens is 585 g/mol. The van der Waals surface area contributed by atoms with Gasteiger partial charge in [-0.05, 0) is 94.0 Å². The molecule has 2 aliphatic rings. The molecule has 0 saturated carbocycles. The van der Waals surface area contributed by atoms with Gasteiger partial charge in [-0.1, -0.05) is 123 Å². The first-order valence-electron chi connectivity index (χ1n) is 16.5. The van der Waals surface area contributed by atoms with Crippen LogP contribution in [-0.4, -0.2) is 0 Å². The number of nitrogens with zero attached hydrogens (tertiary/aromatic N) is 2. The van der Waals surface area contributed by atoms with Crippen LogP contribution in [0.15, 0.2) is 170 Å². The molecule has 2 heterocycles. The highest BCUT2D eigenvalue weighted by Crippen LogP contribution is 2.60. The first-order chi connectivity index (χ1) is 23.6. The zero-order chi connectivity index (χ0) is 32.2. The number of hydrogen-bond donors (Lipinski definition) is 0. The number of rotatable bonds is 5. The fraction of sp³-hybridized carbons (Fsp3) is 0.0667. The number of benzene rings is 7. The molecule has 7 aromatic carbocycles. The Hall–Kier alpha value is -6.06. The van der Waals surface area contributed by atoms with Gasteiger partial charge in [0.15, 0.2) is 11.5 Å². The topological polar surface area (TPSA) is 15.7 Å². The van der Waals surface area contributed by atoms with Crippen LogP contribution in [0.1, 0.15) is 25.0 Å². The zero-order valence-corrected chi connectivity index (χ0v) is 27.0. The number of ether oxygens (including phenoxy) is 1. The lowest BCUT2D eigenvalue weighted by Crippen LogP contribution is -2.32. The number of fused-ring (bicyclic) bond motifs is 4. The van der Waals surface area contributed by atoms with E-state index in [9.17, 15) is 0 Å². The second kappa shape index (κ2) is 11.0. The molecule has 0 amide bonds. The van der Waals surface area contributed by atoms with Gasteiger partial charge in [0.05, 0.1) is 17.1 Å². The minimum atomic E-state index is -0.179. The van der Waals surface area contributed by atoms with Crippen LogP contribution in [0, 0.1) is 0 Å². The lowest BCUT2D eigenvalue weighted by molar-refractivity contribution is 0.471. The van der Waals surface area contributed by atoms with Crippen LogP contribution in [0.25, 0.3) is 22.3 Å². The summed E-state index contributed by atoms with van der Waals surface area (Å²) in [6, 6.07) is 60.6. The molecule has 0 atom stereocenters. The van der Waals surface area contributed by atoms with E-state index in [4.69, 9.17) is 4.74 Å². The first-order valence-corrected chi connectivity index (χ1v) is 16.5. The molecule has 48 heavy (non-hydrogen) atoms. The van der Waals surface area contributed by atoms with Crippen molar-refractivity contribution in [2.75, 3.05) is 9.80 Å². The zero-order valence-electron chi connectivity index (χ0n) is 27.0. The Morgan fingerprint density at radius 2 is 0.979 bits per heavy atom. The molecule has 0 spiro atoms. The Bertz CT molecular complexity index is 2270. The van der Waals surface area contributed by atoms with E-state index in [1.54, 1.807) is 0 Å². The van der Waals surface area contributed by atoms with E-state index in [2.05, 4.69) is 187 Å². The first kappa shape index (κ1) is 28.2. The average molecular weight is 619 g/mol. The largest absolute Gasteiger partial charge is 0.453 e. The van der Waals surface area contributed by atoms with Crippen molar-refractivity contribution in [1.29, 1.82) is 0 Å². The van der Waals surface area contributed by atoms with Crippen molar-refractivity contribution < 1.29 is 4.74 Å². The summed E-state index contributed by atoms with van der Waals surface area (Å²) in [5, 5.41) is 0. The predicted octanol–water partition coefficient (Wildman–Crippen LogP) is 12.7.